The summed E-state index contributed by atoms with van der Waals surface area (Å²) in [6.45, 7) is 6.56. The zero-order valence-corrected chi connectivity index (χ0v) is 14.9. The average molecular weight is 338 g/mol. The van der Waals surface area contributed by atoms with E-state index in [4.69, 9.17) is 9.47 Å². The summed E-state index contributed by atoms with van der Waals surface area (Å²) >= 11 is 0. The highest BCUT2D eigenvalue weighted by molar-refractivity contribution is 5.72. The van der Waals surface area contributed by atoms with Gasteiger partial charge in [-0.1, -0.05) is 0 Å². The number of rotatable bonds is 4. The predicted molar refractivity (Wildman–Crippen MR) is 89.6 cm³/mol. The fourth-order valence-corrected chi connectivity index (χ4v) is 4.70. The van der Waals surface area contributed by atoms with Crippen molar-refractivity contribution in [1.29, 1.82) is 0 Å². The minimum Gasteiger partial charge on any atom is -0.466 e. The molecular weight excluding hydrogens is 308 g/mol. The molecule has 6 nitrogen and oxygen atoms in total. The van der Waals surface area contributed by atoms with Crippen LogP contribution >= 0.6 is 0 Å². The molecule has 0 N–H and O–H groups in total. The Morgan fingerprint density at radius 2 is 1.46 bits per heavy atom. The highest BCUT2D eigenvalue weighted by atomic mass is 16.6. The van der Waals surface area contributed by atoms with Crippen molar-refractivity contribution in [1.82, 2.24) is 9.80 Å². The van der Waals surface area contributed by atoms with Crippen LogP contribution in [0.3, 0.4) is 0 Å². The third kappa shape index (κ3) is 3.53. The fourth-order valence-electron chi connectivity index (χ4n) is 4.70. The molecule has 0 aromatic carbocycles. The highest BCUT2D eigenvalue weighted by Gasteiger charge is 2.45. The molecule has 3 heterocycles. The Kier molecular flexibility index (Phi) is 5.64. The Labute approximate surface area is 144 Å². The molecule has 2 unspecified atom stereocenters. The summed E-state index contributed by atoms with van der Waals surface area (Å²) in [4.78, 5) is 28.6. The van der Waals surface area contributed by atoms with Crippen LogP contribution < -0.4 is 0 Å². The molecule has 0 aromatic heterocycles. The van der Waals surface area contributed by atoms with Crippen LogP contribution in [0.5, 0.6) is 0 Å². The summed E-state index contributed by atoms with van der Waals surface area (Å²) in [7, 11) is 0. The number of hydrogen-bond acceptors (Lipinski definition) is 5. The van der Waals surface area contributed by atoms with Crippen LogP contribution in [0.25, 0.3) is 0 Å². The van der Waals surface area contributed by atoms with E-state index in [1.54, 1.807) is 0 Å². The Hall–Kier alpha value is -1.30. The molecule has 0 radical (unpaired) electrons. The van der Waals surface area contributed by atoms with Crippen LogP contribution in [0.4, 0.5) is 4.79 Å². The Morgan fingerprint density at radius 1 is 0.875 bits per heavy atom. The van der Waals surface area contributed by atoms with Crippen LogP contribution in [-0.4, -0.2) is 66.3 Å². The molecule has 2 bridgehead atoms. The molecule has 3 rings (SSSR count). The molecule has 3 aliphatic heterocycles. The van der Waals surface area contributed by atoms with Gasteiger partial charge in [0.15, 0.2) is 0 Å². The van der Waals surface area contributed by atoms with Crippen molar-refractivity contribution in [3.63, 3.8) is 0 Å². The van der Waals surface area contributed by atoms with Gasteiger partial charge in [-0.15, -0.1) is 0 Å². The normalized spacial score (nSPS) is 31.1. The molecule has 0 saturated carbocycles. The number of carbonyl (C=O) groups is 2. The monoisotopic (exact) mass is 338 g/mol. The number of amides is 1. The topological polar surface area (TPSA) is 59.1 Å². The molecular formula is C18H30N2O4. The van der Waals surface area contributed by atoms with E-state index >= 15 is 0 Å². The standard InChI is InChI=1S/C18H30N2O4/c1-3-23-17(21)13-7-9-19(10-8-13)16-11-14-5-6-15(12-16)20(14)18(22)24-4-2/h13-16H,3-12H2,1-2H3. The van der Waals surface area contributed by atoms with E-state index in [0.29, 0.717) is 31.3 Å². The minimum absolute atomic E-state index is 0.0330. The highest BCUT2D eigenvalue weighted by Crippen LogP contribution is 2.39. The summed E-state index contributed by atoms with van der Waals surface area (Å²) < 4.78 is 10.4. The zero-order valence-electron chi connectivity index (χ0n) is 14.9. The fraction of sp³-hybridized carbons (Fsp3) is 0.889. The summed E-state index contributed by atoms with van der Waals surface area (Å²) in [6.07, 6.45) is 5.93. The third-order valence-electron chi connectivity index (χ3n) is 5.85. The van der Waals surface area contributed by atoms with E-state index in [-0.39, 0.29) is 18.0 Å². The second kappa shape index (κ2) is 7.72. The van der Waals surface area contributed by atoms with Crippen LogP contribution in [0, 0.1) is 5.92 Å². The van der Waals surface area contributed by atoms with Gasteiger partial charge in [0.25, 0.3) is 0 Å². The molecule has 3 fully saturated rings. The number of esters is 1. The van der Waals surface area contributed by atoms with E-state index in [1.165, 1.54) is 0 Å². The number of hydrogen-bond donors (Lipinski definition) is 0. The maximum absolute atomic E-state index is 12.2. The van der Waals surface area contributed by atoms with Gasteiger partial charge in [0, 0.05) is 18.1 Å². The summed E-state index contributed by atoms with van der Waals surface area (Å²) in [5, 5.41) is 0. The van der Waals surface area contributed by atoms with Gasteiger partial charge in [0.05, 0.1) is 19.1 Å². The van der Waals surface area contributed by atoms with E-state index in [1.807, 2.05) is 18.7 Å². The Bertz CT molecular complexity index is 448. The SMILES string of the molecule is CCOC(=O)C1CCN(C2CC3CCC(C2)N3C(=O)OCC)CC1. The lowest BCUT2D eigenvalue weighted by atomic mass is 9.91. The lowest BCUT2D eigenvalue weighted by Gasteiger charge is -2.44. The van der Waals surface area contributed by atoms with Gasteiger partial charge < -0.3 is 19.3 Å². The number of carbonyl (C=O) groups excluding carboxylic acids is 2. The third-order valence-corrected chi connectivity index (χ3v) is 5.85. The Morgan fingerprint density at radius 3 is 2.00 bits per heavy atom. The lowest BCUT2D eigenvalue weighted by Crippen LogP contribution is -2.54. The first-order valence-corrected chi connectivity index (χ1v) is 9.49. The average Bonchev–Trinajstić information content (AvgIpc) is 2.85. The largest absolute Gasteiger partial charge is 0.466 e. The van der Waals surface area contributed by atoms with Crippen molar-refractivity contribution in [3.05, 3.63) is 0 Å². The van der Waals surface area contributed by atoms with E-state index in [9.17, 15) is 9.59 Å². The van der Waals surface area contributed by atoms with E-state index in [2.05, 4.69) is 4.90 Å². The molecule has 6 heteroatoms. The van der Waals surface area contributed by atoms with Crippen molar-refractivity contribution in [3.8, 4) is 0 Å². The number of ether oxygens (including phenoxy) is 2. The van der Waals surface area contributed by atoms with Crippen molar-refractivity contribution in [2.75, 3.05) is 26.3 Å². The van der Waals surface area contributed by atoms with Gasteiger partial charge in [-0.3, -0.25) is 4.79 Å². The van der Waals surface area contributed by atoms with Gasteiger partial charge in [-0.25, -0.2) is 4.79 Å². The molecule has 1 amide bonds. The molecule has 24 heavy (non-hydrogen) atoms. The number of fused-ring (bicyclic) bond motifs is 2. The minimum atomic E-state index is -0.135. The predicted octanol–water partition coefficient (Wildman–Crippen LogP) is 2.41. The molecule has 136 valence electrons. The molecule has 0 aliphatic carbocycles. The molecule has 0 aromatic rings. The number of nitrogens with zero attached hydrogens (tertiary/aromatic N) is 2. The first-order chi connectivity index (χ1) is 11.6. The van der Waals surface area contributed by atoms with Crippen LogP contribution in [0.2, 0.25) is 0 Å². The van der Waals surface area contributed by atoms with Gasteiger partial charge in [0.2, 0.25) is 0 Å². The first-order valence-electron chi connectivity index (χ1n) is 9.49. The van der Waals surface area contributed by atoms with Crippen LogP contribution in [0.15, 0.2) is 0 Å². The molecule has 0 spiro atoms. The molecule has 3 aliphatic rings. The first kappa shape index (κ1) is 17.5. The lowest BCUT2D eigenvalue weighted by molar-refractivity contribution is -0.150. The maximum Gasteiger partial charge on any atom is 0.410 e. The Balaban J connectivity index is 1.52. The van der Waals surface area contributed by atoms with Crippen molar-refractivity contribution in [2.24, 2.45) is 5.92 Å². The van der Waals surface area contributed by atoms with Gasteiger partial charge >= 0.3 is 12.1 Å². The second-order valence-electron chi connectivity index (χ2n) is 7.18. The zero-order chi connectivity index (χ0) is 17.1. The van der Waals surface area contributed by atoms with Crippen LogP contribution in [0.1, 0.15) is 52.4 Å². The van der Waals surface area contributed by atoms with Crippen molar-refractivity contribution < 1.29 is 19.1 Å². The number of likely N-dealkylation sites (tertiary alicyclic amines) is 1. The van der Waals surface area contributed by atoms with Crippen molar-refractivity contribution in [2.45, 2.75) is 70.5 Å². The molecule has 3 saturated heterocycles. The summed E-state index contributed by atoms with van der Waals surface area (Å²) in [6, 6.07) is 1.20. The van der Waals surface area contributed by atoms with Crippen LogP contribution in [-0.2, 0) is 14.3 Å². The molecule has 2 atom stereocenters. The number of piperidine rings is 2. The van der Waals surface area contributed by atoms with E-state index < -0.39 is 0 Å². The van der Waals surface area contributed by atoms with Crippen molar-refractivity contribution >= 4 is 12.1 Å². The van der Waals surface area contributed by atoms with E-state index in [0.717, 1.165) is 51.6 Å². The van der Waals surface area contributed by atoms with Gasteiger partial charge in [-0.05, 0) is 65.5 Å². The maximum atomic E-state index is 12.2. The van der Waals surface area contributed by atoms with Gasteiger partial charge in [0.1, 0.15) is 0 Å². The summed E-state index contributed by atoms with van der Waals surface area (Å²) in [5.41, 5.74) is 0. The second-order valence-corrected chi connectivity index (χ2v) is 7.18. The summed E-state index contributed by atoms with van der Waals surface area (Å²) in [5.74, 6) is 0.0342. The smallest absolute Gasteiger partial charge is 0.410 e. The van der Waals surface area contributed by atoms with Gasteiger partial charge in [-0.2, -0.15) is 0 Å². The quantitative estimate of drug-likeness (QED) is 0.737.